The molecule has 0 fully saturated rings. The van der Waals surface area contributed by atoms with Crippen LogP contribution in [0.5, 0.6) is 0 Å². The van der Waals surface area contributed by atoms with Gasteiger partial charge in [0.2, 0.25) is 0 Å². The predicted molar refractivity (Wildman–Crippen MR) is 113 cm³/mol. The molecule has 0 aliphatic rings. The van der Waals surface area contributed by atoms with Gasteiger partial charge in [0, 0.05) is 7.05 Å². The number of ether oxygens (including phenoxy) is 1. The number of hydrogen-bond acceptors (Lipinski definition) is 2. The van der Waals surface area contributed by atoms with Crippen LogP contribution in [0.15, 0.2) is 54.6 Å². The summed E-state index contributed by atoms with van der Waals surface area (Å²) in [4.78, 5) is 14.2. The van der Waals surface area contributed by atoms with Crippen LogP contribution < -0.4 is 0 Å². The third-order valence-electron chi connectivity index (χ3n) is 3.95. The molecule has 0 spiro atoms. The molecular formula is C22H25Cl2NO2. The van der Waals surface area contributed by atoms with E-state index in [0.717, 1.165) is 11.1 Å². The lowest BCUT2D eigenvalue weighted by Gasteiger charge is -2.30. The third-order valence-corrected chi connectivity index (χ3v) is 4.69. The van der Waals surface area contributed by atoms with Gasteiger partial charge >= 0.3 is 6.09 Å². The largest absolute Gasteiger partial charge is 0.444 e. The molecule has 0 bridgehead atoms. The zero-order valence-electron chi connectivity index (χ0n) is 16.1. The van der Waals surface area contributed by atoms with Crippen LogP contribution in [-0.2, 0) is 4.74 Å². The van der Waals surface area contributed by atoms with Gasteiger partial charge in [-0.05, 0) is 50.5 Å². The van der Waals surface area contributed by atoms with Crippen molar-refractivity contribution in [1.29, 1.82) is 0 Å². The predicted octanol–water partition coefficient (Wildman–Crippen LogP) is 7.00. The molecule has 0 aliphatic carbocycles. The maximum absolute atomic E-state index is 12.5. The van der Waals surface area contributed by atoms with Crippen LogP contribution in [0.2, 0.25) is 10.0 Å². The molecule has 0 unspecified atom stereocenters. The lowest BCUT2D eigenvalue weighted by Crippen LogP contribution is -2.36. The van der Waals surface area contributed by atoms with E-state index in [9.17, 15) is 4.79 Å². The molecule has 2 aromatic rings. The molecule has 1 atom stereocenters. The number of carbonyl (C=O) groups excluding carboxylic acids is 1. The first kappa shape index (κ1) is 21.3. The normalized spacial score (nSPS) is 12.8. The van der Waals surface area contributed by atoms with Gasteiger partial charge in [-0.25, -0.2) is 4.79 Å². The minimum absolute atomic E-state index is 0.139. The van der Waals surface area contributed by atoms with E-state index >= 15 is 0 Å². The Morgan fingerprint density at radius 2 is 1.78 bits per heavy atom. The van der Waals surface area contributed by atoms with Crippen LogP contribution in [0.25, 0.3) is 6.08 Å². The van der Waals surface area contributed by atoms with Crippen LogP contribution in [0, 0.1) is 0 Å². The monoisotopic (exact) mass is 405 g/mol. The maximum atomic E-state index is 12.5. The van der Waals surface area contributed by atoms with E-state index in [1.807, 2.05) is 75.4 Å². The second kappa shape index (κ2) is 9.29. The zero-order chi connectivity index (χ0) is 20.0. The van der Waals surface area contributed by atoms with Gasteiger partial charge in [0.05, 0.1) is 16.1 Å². The van der Waals surface area contributed by atoms with Gasteiger partial charge in [-0.3, -0.25) is 0 Å². The Hall–Kier alpha value is -1.97. The number of hydrogen-bond donors (Lipinski definition) is 0. The number of halogens is 2. The first-order valence-electron chi connectivity index (χ1n) is 8.80. The topological polar surface area (TPSA) is 29.5 Å². The van der Waals surface area contributed by atoms with Gasteiger partial charge in [0.15, 0.2) is 0 Å². The molecule has 2 rings (SSSR count). The van der Waals surface area contributed by atoms with Crippen molar-refractivity contribution < 1.29 is 9.53 Å². The first-order chi connectivity index (χ1) is 12.7. The van der Waals surface area contributed by atoms with Gasteiger partial charge < -0.3 is 9.64 Å². The van der Waals surface area contributed by atoms with E-state index in [4.69, 9.17) is 27.9 Å². The molecule has 0 heterocycles. The fourth-order valence-electron chi connectivity index (χ4n) is 2.60. The molecule has 0 N–H and O–H groups in total. The van der Waals surface area contributed by atoms with Crippen molar-refractivity contribution in [2.75, 3.05) is 7.05 Å². The molecule has 0 saturated heterocycles. The van der Waals surface area contributed by atoms with Gasteiger partial charge in [-0.2, -0.15) is 0 Å². The zero-order valence-corrected chi connectivity index (χ0v) is 17.6. The molecule has 0 aromatic heterocycles. The van der Waals surface area contributed by atoms with Gasteiger partial charge in [-0.15, -0.1) is 0 Å². The fourth-order valence-corrected chi connectivity index (χ4v) is 2.91. The maximum Gasteiger partial charge on any atom is 0.410 e. The van der Waals surface area contributed by atoms with Gasteiger partial charge in [0.25, 0.3) is 0 Å². The minimum Gasteiger partial charge on any atom is -0.444 e. The molecule has 3 nitrogen and oxygen atoms in total. The van der Waals surface area contributed by atoms with Crippen LogP contribution in [0.4, 0.5) is 4.79 Å². The first-order valence-corrected chi connectivity index (χ1v) is 9.55. The number of rotatable bonds is 5. The van der Waals surface area contributed by atoms with Crippen molar-refractivity contribution in [3.63, 3.8) is 0 Å². The lowest BCUT2D eigenvalue weighted by molar-refractivity contribution is 0.0221. The summed E-state index contributed by atoms with van der Waals surface area (Å²) >= 11 is 12.0. The average Bonchev–Trinajstić information content (AvgIpc) is 2.60. The van der Waals surface area contributed by atoms with Crippen LogP contribution >= 0.6 is 23.2 Å². The molecule has 2 aromatic carbocycles. The van der Waals surface area contributed by atoms with Crippen molar-refractivity contribution in [2.24, 2.45) is 0 Å². The van der Waals surface area contributed by atoms with Crippen LogP contribution in [0.3, 0.4) is 0 Å². The number of nitrogens with zero attached hydrogens (tertiary/aromatic N) is 1. The third kappa shape index (κ3) is 6.60. The molecule has 1 amide bonds. The highest BCUT2D eigenvalue weighted by Crippen LogP contribution is 2.27. The van der Waals surface area contributed by atoms with Crippen LogP contribution in [-0.4, -0.2) is 23.6 Å². The molecule has 27 heavy (non-hydrogen) atoms. The Morgan fingerprint density at radius 1 is 1.11 bits per heavy atom. The van der Waals surface area contributed by atoms with E-state index in [-0.39, 0.29) is 12.1 Å². The van der Waals surface area contributed by atoms with Crippen LogP contribution in [0.1, 0.15) is 44.4 Å². The lowest BCUT2D eigenvalue weighted by atomic mass is 10.0. The summed E-state index contributed by atoms with van der Waals surface area (Å²) in [5, 5.41) is 1.05. The summed E-state index contributed by atoms with van der Waals surface area (Å²) < 4.78 is 5.53. The summed E-state index contributed by atoms with van der Waals surface area (Å²) in [5.41, 5.74) is 1.46. The second-order valence-electron chi connectivity index (χ2n) is 7.33. The Bertz CT molecular complexity index is 798. The molecule has 144 valence electrons. The standard InChI is InChI=1S/C22H25Cl2NO2/c1-22(2,3)27-21(26)25(4)20(17-10-6-5-7-11-17)12-8-9-16-13-14-18(23)19(24)15-16/h5-11,13-15,20H,12H2,1-4H3/b9-8+/t20-/m0/s1. The SMILES string of the molecule is CN(C(=O)OC(C)(C)C)[C@@H](C/C=C/c1ccc(Cl)c(Cl)c1)c1ccccc1. The summed E-state index contributed by atoms with van der Waals surface area (Å²) in [6.45, 7) is 5.58. The van der Waals surface area contributed by atoms with Crippen molar-refractivity contribution in [3.05, 3.63) is 75.8 Å². The highest BCUT2D eigenvalue weighted by Gasteiger charge is 2.25. The second-order valence-corrected chi connectivity index (χ2v) is 8.14. The molecule has 5 heteroatoms. The van der Waals surface area contributed by atoms with E-state index in [1.54, 1.807) is 18.0 Å². The Labute approximate surface area is 171 Å². The number of benzene rings is 2. The molecule has 0 radical (unpaired) electrons. The highest BCUT2D eigenvalue weighted by atomic mass is 35.5. The van der Waals surface area contributed by atoms with Crippen molar-refractivity contribution in [2.45, 2.75) is 38.8 Å². The van der Waals surface area contributed by atoms with E-state index < -0.39 is 5.60 Å². The van der Waals surface area contributed by atoms with E-state index in [2.05, 4.69) is 0 Å². The number of amides is 1. The Morgan fingerprint density at radius 3 is 2.37 bits per heavy atom. The summed E-state index contributed by atoms with van der Waals surface area (Å²) in [6.07, 6.45) is 4.29. The Kier molecular flexibility index (Phi) is 7.34. The smallest absolute Gasteiger partial charge is 0.410 e. The Balaban J connectivity index is 2.19. The average molecular weight is 406 g/mol. The molecule has 0 aliphatic heterocycles. The molecular weight excluding hydrogens is 381 g/mol. The molecule has 0 saturated carbocycles. The van der Waals surface area contributed by atoms with Crippen molar-refractivity contribution in [3.8, 4) is 0 Å². The minimum atomic E-state index is -0.539. The fraction of sp³-hybridized carbons (Fsp3) is 0.318. The summed E-state index contributed by atoms with van der Waals surface area (Å²) in [5.74, 6) is 0. The quantitative estimate of drug-likeness (QED) is 0.535. The highest BCUT2D eigenvalue weighted by molar-refractivity contribution is 6.42. The summed E-state index contributed by atoms with van der Waals surface area (Å²) in [6, 6.07) is 15.3. The van der Waals surface area contributed by atoms with Gasteiger partial charge in [0.1, 0.15) is 5.60 Å². The van der Waals surface area contributed by atoms with Crippen molar-refractivity contribution >= 4 is 35.4 Å². The number of carbonyl (C=O) groups is 1. The van der Waals surface area contributed by atoms with E-state index in [0.29, 0.717) is 16.5 Å². The van der Waals surface area contributed by atoms with E-state index in [1.165, 1.54) is 0 Å². The summed E-state index contributed by atoms with van der Waals surface area (Å²) in [7, 11) is 1.76. The van der Waals surface area contributed by atoms with Gasteiger partial charge in [-0.1, -0.05) is 71.8 Å². The van der Waals surface area contributed by atoms with Crippen molar-refractivity contribution in [1.82, 2.24) is 4.90 Å².